The molecule has 0 radical (unpaired) electrons. The van der Waals surface area contributed by atoms with Crippen LogP contribution in [-0.2, 0) is 9.59 Å². The van der Waals surface area contributed by atoms with Crippen LogP contribution in [0.3, 0.4) is 0 Å². The zero-order valence-electron chi connectivity index (χ0n) is 21.3. The number of nitrogens with one attached hydrogen (secondary N) is 1. The maximum Gasteiger partial charge on any atom is 0.252 e. The lowest BCUT2D eigenvalue weighted by atomic mass is 9.68. The predicted octanol–water partition coefficient (Wildman–Crippen LogP) is 5.10. The number of Topliss-reactive ketones (excluding diaryl/α,β-unsaturated/α-hetero) is 1. The van der Waals surface area contributed by atoms with Gasteiger partial charge in [0.05, 0.1) is 13.7 Å². The lowest BCUT2D eigenvalue weighted by Crippen LogP contribution is -2.43. The maximum absolute atomic E-state index is 13.9. The molecule has 1 fully saturated rings. The van der Waals surface area contributed by atoms with Crippen LogP contribution in [0.5, 0.6) is 11.5 Å². The molecule has 2 aliphatic heterocycles. The quantitative estimate of drug-likeness (QED) is 0.632. The number of benzene rings is 1. The van der Waals surface area contributed by atoms with Crippen LogP contribution in [0.25, 0.3) is 0 Å². The van der Waals surface area contributed by atoms with Gasteiger partial charge in [0.1, 0.15) is 0 Å². The summed E-state index contributed by atoms with van der Waals surface area (Å²) < 4.78 is 11.5. The average molecular weight is 467 g/mol. The molecule has 1 aromatic rings. The summed E-state index contributed by atoms with van der Waals surface area (Å²) in [6.07, 6.45) is 5.35. The highest BCUT2D eigenvalue weighted by Crippen LogP contribution is 2.48. The number of rotatable bonds is 6. The second kappa shape index (κ2) is 9.85. The molecule has 0 aromatic heterocycles. The predicted molar refractivity (Wildman–Crippen MR) is 133 cm³/mol. The Hall–Kier alpha value is -2.76. The lowest BCUT2D eigenvalue weighted by Gasteiger charge is -2.41. The van der Waals surface area contributed by atoms with E-state index in [9.17, 15) is 9.59 Å². The summed E-state index contributed by atoms with van der Waals surface area (Å²) in [5.74, 6) is 1.03. The minimum Gasteiger partial charge on any atom is -0.493 e. The number of hydrogen-bond donors (Lipinski definition) is 1. The van der Waals surface area contributed by atoms with Gasteiger partial charge in [0.15, 0.2) is 17.3 Å². The summed E-state index contributed by atoms with van der Waals surface area (Å²) >= 11 is 0. The number of hydrogen-bond acceptors (Lipinski definition) is 5. The van der Waals surface area contributed by atoms with Gasteiger partial charge in [0, 0.05) is 48.0 Å². The van der Waals surface area contributed by atoms with E-state index in [2.05, 4.69) is 26.1 Å². The number of ketones is 1. The van der Waals surface area contributed by atoms with E-state index in [-0.39, 0.29) is 17.1 Å². The van der Waals surface area contributed by atoms with Crippen molar-refractivity contribution in [2.45, 2.75) is 72.1 Å². The molecular weight excluding hydrogens is 428 g/mol. The number of dihydropyridines is 1. The summed E-state index contributed by atoms with van der Waals surface area (Å²) in [4.78, 5) is 29.4. The van der Waals surface area contributed by atoms with E-state index in [1.165, 1.54) is 0 Å². The fourth-order valence-corrected chi connectivity index (χ4v) is 5.52. The Morgan fingerprint density at radius 3 is 2.56 bits per heavy atom. The van der Waals surface area contributed by atoms with E-state index >= 15 is 0 Å². The van der Waals surface area contributed by atoms with E-state index in [1.807, 2.05) is 30.0 Å². The number of piperidine rings is 1. The van der Waals surface area contributed by atoms with Gasteiger partial charge in [0.25, 0.3) is 5.91 Å². The number of methoxy groups -OCH3 is 1. The number of likely N-dealkylation sites (tertiary alicyclic amines) is 1. The molecule has 34 heavy (non-hydrogen) atoms. The van der Waals surface area contributed by atoms with Crippen molar-refractivity contribution in [3.8, 4) is 11.5 Å². The van der Waals surface area contributed by atoms with Gasteiger partial charge >= 0.3 is 0 Å². The Bertz CT molecular complexity index is 1030. The average Bonchev–Trinajstić information content (AvgIpc) is 2.81. The summed E-state index contributed by atoms with van der Waals surface area (Å²) in [7, 11) is 1.63. The first-order valence-electron chi connectivity index (χ1n) is 12.6. The molecule has 6 nitrogen and oxygen atoms in total. The second-order valence-electron chi connectivity index (χ2n) is 10.5. The molecule has 0 bridgehead atoms. The van der Waals surface area contributed by atoms with Gasteiger partial charge in [-0.3, -0.25) is 9.59 Å². The number of carbonyl (C=O) groups is 2. The Balaban J connectivity index is 1.82. The first-order chi connectivity index (χ1) is 16.3. The monoisotopic (exact) mass is 466 g/mol. The van der Waals surface area contributed by atoms with Crippen molar-refractivity contribution >= 4 is 11.7 Å². The van der Waals surface area contributed by atoms with Crippen LogP contribution < -0.4 is 14.8 Å². The van der Waals surface area contributed by atoms with Crippen molar-refractivity contribution in [3.05, 3.63) is 46.3 Å². The summed E-state index contributed by atoms with van der Waals surface area (Å²) in [6.45, 7) is 10.4. The van der Waals surface area contributed by atoms with E-state index in [0.29, 0.717) is 30.1 Å². The first kappa shape index (κ1) is 24.4. The third-order valence-corrected chi connectivity index (χ3v) is 7.10. The highest BCUT2D eigenvalue weighted by molar-refractivity contribution is 6.05. The van der Waals surface area contributed by atoms with Crippen LogP contribution in [-0.4, -0.2) is 43.4 Å². The van der Waals surface area contributed by atoms with E-state index in [0.717, 1.165) is 67.7 Å². The molecule has 0 saturated carbocycles. The fraction of sp³-hybridized carbons (Fsp3) is 0.571. The van der Waals surface area contributed by atoms with Crippen LogP contribution in [0.2, 0.25) is 0 Å². The summed E-state index contributed by atoms with van der Waals surface area (Å²) in [5, 5.41) is 3.48. The largest absolute Gasteiger partial charge is 0.493 e. The third-order valence-electron chi connectivity index (χ3n) is 7.10. The molecule has 3 aliphatic rings. The highest BCUT2D eigenvalue weighted by atomic mass is 16.5. The molecule has 1 amide bonds. The number of carbonyl (C=O) groups excluding carboxylic acids is 2. The molecule has 1 aromatic carbocycles. The molecule has 1 atom stereocenters. The fourth-order valence-electron chi connectivity index (χ4n) is 5.52. The van der Waals surface area contributed by atoms with Gasteiger partial charge in [-0.1, -0.05) is 26.8 Å². The number of nitrogens with zero attached hydrogens (tertiary/aromatic N) is 1. The van der Waals surface area contributed by atoms with Crippen molar-refractivity contribution in [2.75, 3.05) is 26.8 Å². The van der Waals surface area contributed by atoms with Crippen LogP contribution in [0, 0.1) is 5.41 Å². The molecule has 0 unspecified atom stereocenters. The van der Waals surface area contributed by atoms with Gasteiger partial charge < -0.3 is 19.7 Å². The number of allylic oxidation sites excluding steroid dienone is 3. The Morgan fingerprint density at radius 1 is 1.15 bits per heavy atom. The molecule has 1 N–H and O–H groups in total. The minimum absolute atomic E-state index is 0.0316. The summed E-state index contributed by atoms with van der Waals surface area (Å²) in [5.41, 5.74) is 3.98. The number of ether oxygens (including phenoxy) is 2. The minimum atomic E-state index is -0.414. The van der Waals surface area contributed by atoms with Crippen molar-refractivity contribution in [1.82, 2.24) is 10.2 Å². The van der Waals surface area contributed by atoms with Crippen molar-refractivity contribution < 1.29 is 19.1 Å². The second-order valence-corrected chi connectivity index (χ2v) is 10.5. The zero-order valence-corrected chi connectivity index (χ0v) is 21.3. The van der Waals surface area contributed by atoms with E-state index in [1.54, 1.807) is 7.11 Å². The van der Waals surface area contributed by atoms with Gasteiger partial charge in [0.2, 0.25) is 0 Å². The lowest BCUT2D eigenvalue weighted by molar-refractivity contribution is -0.128. The first-order valence-corrected chi connectivity index (χ1v) is 12.6. The molecule has 4 rings (SSSR count). The topological polar surface area (TPSA) is 67.9 Å². The molecule has 6 heteroatoms. The third kappa shape index (κ3) is 4.73. The molecule has 184 valence electrons. The van der Waals surface area contributed by atoms with Gasteiger partial charge in [-0.15, -0.1) is 0 Å². The van der Waals surface area contributed by atoms with Crippen molar-refractivity contribution in [3.63, 3.8) is 0 Å². The molecule has 2 heterocycles. The standard InChI is InChI=1S/C28H38N2O4/c1-6-14-34-22-11-10-19(15-23(22)33-5)25-24(27(32)30-12-8-7-9-13-30)18(2)29-20-16-28(3,4)17-21(31)26(20)25/h10-11,15,25,29H,6-9,12-14,16-17H2,1-5H3/t25-/m1/s1. The summed E-state index contributed by atoms with van der Waals surface area (Å²) in [6, 6.07) is 5.83. The number of amides is 1. The van der Waals surface area contributed by atoms with E-state index in [4.69, 9.17) is 9.47 Å². The Morgan fingerprint density at radius 2 is 1.88 bits per heavy atom. The zero-order chi connectivity index (χ0) is 24.5. The van der Waals surface area contributed by atoms with Gasteiger partial charge in [-0.05, 0) is 62.1 Å². The van der Waals surface area contributed by atoms with Crippen LogP contribution in [0.1, 0.15) is 77.7 Å². The van der Waals surface area contributed by atoms with Crippen molar-refractivity contribution in [1.29, 1.82) is 0 Å². The Kier molecular flexibility index (Phi) is 7.06. The van der Waals surface area contributed by atoms with Crippen LogP contribution in [0.15, 0.2) is 40.7 Å². The molecule has 1 aliphatic carbocycles. The maximum atomic E-state index is 13.9. The normalized spacial score (nSPS) is 22.3. The van der Waals surface area contributed by atoms with Crippen LogP contribution in [0.4, 0.5) is 0 Å². The smallest absolute Gasteiger partial charge is 0.252 e. The Labute approximate surface area is 203 Å². The highest BCUT2D eigenvalue weighted by Gasteiger charge is 2.43. The molecule has 1 saturated heterocycles. The SMILES string of the molecule is CCCOc1ccc([C@@H]2C(C(=O)N3CCCCC3)=C(C)NC3=C2C(=O)CC(C)(C)C3)cc1OC. The molecule has 0 spiro atoms. The van der Waals surface area contributed by atoms with Crippen molar-refractivity contribution in [2.24, 2.45) is 5.41 Å². The van der Waals surface area contributed by atoms with E-state index < -0.39 is 5.92 Å². The molecular formula is C28H38N2O4. The van der Waals surface area contributed by atoms with Crippen LogP contribution >= 0.6 is 0 Å². The van der Waals surface area contributed by atoms with Gasteiger partial charge in [-0.2, -0.15) is 0 Å². The van der Waals surface area contributed by atoms with Gasteiger partial charge in [-0.25, -0.2) is 0 Å².